The van der Waals surface area contributed by atoms with Crippen LogP contribution in [0.15, 0.2) is 16.2 Å². The number of ether oxygens (including phenoxy) is 1. The number of H-pyrrole nitrogens is 1. The molecular formula is C15H21N3O2S. The van der Waals surface area contributed by atoms with Crippen molar-refractivity contribution in [3.63, 3.8) is 0 Å². The Morgan fingerprint density at radius 1 is 1.43 bits per heavy atom. The fourth-order valence-corrected chi connectivity index (χ4v) is 3.63. The Labute approximate surface area is 127 Å². The molecule has 1 fully saturated rings. The molecule has 2 aromatic rings. The first-order valence-electron chi connectivity index (χ1n) is 7.57. The molecule has 0 saturated heterocycles. The van der Waals surface area contributed by atoms with E-state index in [0.29, 0.717) is 23.2 Å². The van der Waals surface area contributed by atoms with Crippen LogP contribution in [0.1, 0.15) is 38.4 Å². The second-order valence-corrected chi connectivity index (χ2v) is 6.41. The Morgan fingerprint density at radius 2 is 2.24 bits per heavy atom. The van der Waals surface area contributed by atoms with Crippen LogP contribution in [0.5, 0.6) is 0 Å². The number of nitrogens with zero attached hydrogens (tertiary/aromatic N) is 1. The number of nitrogens with one attached hydrogen (secondary N) is 2. The molecule has 1 saturated carbocycles. The predicted molar refractivity (Wildman–Crippen MR) is 84.8 cm³/mol. The minimum absolute atomic E-state index is 0.0653. The first-order chi connectivity index (χ1) is 10.3. The first kappa shape index (κ1) is 14.7. The lowest BCUT2D eigenvalue weighted by molar-refractivity contribution is 0.00832. The summed E-state index contributed by atoms with van der Waals surface area (Å²) < 4.78 is 6.60. The summed E-state index contributed by atoms with van der Waals surface area (Å²) in [6.07, 6.45) is 4.74. The molecule has 0 bridgehead atoms. The van der Waals surface area contributed by atoms with E-state index >= 15 is 0 Å². The van der Waals surface area contributed by atoms with Gasteiger partial charge in [0.2, 0.25) is 0 Å². The van der Waals surface area contributed by atoms with Crippen molar-refractivity contribution in [3.8, 4) is 0 Å². The number of aromatic nitrogens is 2. The third-order valence-electron chi connectivity index (χ3n) is 3.99. The highest BCUT2D eigenvalue weighted by atomic mass is 32.1. The number of thiophene rings is 1. The van der Waals surface area contributed by atoms with Gasteiger partial charge in [0.25, 0.3) is 5.56 Å². The average Bonchev–Trinajstić information content (AvgIpc) is 2.96. The van der Waals surface area contributed by atoms with Crippen LogP contribution in [0.2, 0.25) is 0 Å². The molecule has 0 spiro atoms. The van der Waals surface area contributed by atoms with E-state index < -0.39 is 0 Å². The summed E-state index contributed by atoms with van der Waals surface area (Å²) in [7, 11) is 0. The molecular weight excluding hydrogens is 286 g/mol. The van der Waals surface area contributed by atoms with Gasteiger partial charge in [0.05, 0.1) is 11.6 Å². The Hall–Kier alpha value is -1.24. The summed E-state index contributed by atoms with van der Waals surface area (Å²) in [5.74, 6) is 0.625. The van der Waals surface area contributed by atoms with Crippen molar-refractivity contribution in [2.45, 2.75) is 51.4 Å². The molecule has 2 aromatic heterocycles. The molecule has 5 nitrogen and oxygen atoms in total. The molecule has 0 amide bonds. The SMILES string of the molecule is CCNC1CCC(OCc2nc3ccsc3c(=O)[nH]2)CC1. The fourth-order valence-electron chi connectivity index (χ4n) is 2.91. The molecule has 1 aliphatic rings. The van der Waals surface area contributed by atoms with E-state index in [2.05, 4.69) is 22.2 Å². The summed E-state index contributed by atoms with van der Waals surface area (Å²) in [4.78, 5) is 19.1. The predicted octanol–water partition coefficient (Wildman–Crippen LogP) is 2.42. The number of hydrogen-bond acceptors (Lipinski definition) is 5. The quantitative estimate of drug-likeness (QED) is 0.890. The van der Waals surface area contributed by atoms with E-state index in [1.165, 1.54) is 11.3 Å². The largest absolute Gasteiger partial charge is 0.370 e. The summed E-state index contributed by atoms with van der Waals surface area (Å²) in [6, 6.07) is 2.51. The third kappa shape index (κ3) is 3.51. The number of fused-ring (bicyclic) bond motifs is 1. The van der Waals surface area contributed by atoms with Crippen LogP contribution in [0.3, 0.4) is 0 Å². The Balaban J connectivity index is 1.56. The monoisotopic (exact) mass is 307 g/mol. The van der Waals surface area contributed by atoms with Gasteiger partial charge in [-0.25, -0.2) is 4.98 Å². The molecule has 1 aliphatic carbocycles. The minimum atomic E-state index is -0.0653. The molecule has 0 aliphatic heterocycles. The van der Waals surface area contributed by atoms with Gasteiger partial charge >= 0.3 is 0 Å². The van der Waals surface area contributed by atoms with Crippen molar-refractivity contribution in [1.29, 1.82) is 0 Å². The van der Waals surface area contributed by atoms with E-state index in [9.17, 15) is 4.79 Å². The second kappa shape index (κ2) is 6.68. The molecule has 2 heterocycles. The fraction of sp³-hybridized carbons (Fsp3) is 0.600. The van der Waals surface area contributed by atoms with E-state index in [-0.39, 0.29) is 11.7 Å². The van der Waals surface area contributed by atoms with Gasteiger partial charge in [0, 0.05) is 6.04 Å². The second-order valence-electron chi connectivity index (χ2n) is 5.49. The van der Waals surface area contributed by atoms with Gasteiger partial charge in [-0.2, -0.15) is 0 Å². The van der Waals surface area contributed by atoms with Crippen LogP contribution in [-0.4, -0.2) is 28.7 Å². The Kier molecular flexibility index (Phi) is 4.67. The topological polar surface area (TPSA) is 67.0 Å². The summed E-state index contributed by atoms with van der Waals surface area (Å²) in [5, 5.41) is 5.38. The van der Waals surface area contributed by atoms with Gasteiger partial charge in [0.1, 0.15) is 17.1 Å². The minimum Gasteiger partial charge on any atom is -0.370 e. The highest BCUT2D eigenvalue weighted by Gasteiger charge is 2.21. The molecule has 2 N–H and O–H groups in total. The highest BCUT2D eigenvalue weighted by Crippen LogP contribution is 2.22. The standard InChI is InChI=1S/C15H21N3O2S/c1-2-16-10-3-5-11(6-4-10)20-9-13-17-12-7-8-21-14(12)15(19)18-13/h7-8,10-11,16H,2-6,9H2,1H3,(H,17,18,19). The smallest absolute Gasteiger partial charge is 0.268 e. The molecule has 0 aromatic carbocycles. The van der Waals surface area contributed by atoms with Crippen LogP contribution in [0, 0.1) is 0 Å². The first-order valence-corrected chi connectivity index (χ1v) is 8.45. The average molecular weight is 307 g/mol. The molecule has 114 valence electrons. The zero-order chi connectivity index (χ0) is 14.7. The number of aromatic amines is 1. The molecule has 21 heavy (non-hydrogen) atoms. The van der Waals surface area contributed by atoms with E-state index in [1.807, 2.05) is 11.4 Å². The lowest BCUT2D eigenvalue weighted by atomic mass is 9.93. The van der Waals surface area contributed by atoms with Crippen LogP contribution in [0.4, 0.5) is 0 Å². The molecule has 0 unspecified atom stereocenters. The number of rotatable bonds is 5. The third-order valence-corrected chi connectivity index (χ3v) is 4.89. The Morgan fingerprint density at radius 3 is 3.00 bits per heavy atom. The van der Waals surface area contributed by atoms with Gasteiger partial charge in [-0.15, -0.1) is 11.3 Å². The normalized spacial score (nSPS) is 22.7. The van der Waals surface area contributed by atoms with Crippen LogP contribution >= 0.6 is 11.3 Å². The Bertz CT molecular complexity index is 644. The van der Waals surface area contributed by atoms with Gasteiger partial charge in [0.15, 0.2) is 0 Å². The molecule has 3 rings (SSSR count). The van der Waals surface area contributed by atoms with Gasteiger partial charge < -0.3 is 15.0 Å². The van der Waals surface area contributed by atoms with Gasteiger partial charge in [-0.3, -0.25) is 4.79 Å². The molecule has 6 heteroatoms. The summed E-state index contributed by atoms with van der Waals surface area (Å²) >= 11 is 1.42. The van der Waals surface area contributed by atoms with Crippen LogP contribution in [-0.2, 0) is 11.3 Å². The van der Waals surface area contributed by atoms with E-state index in [0.717, 1.165) is 37.7 Å². The van der Waals surface area contributed by atoms with Crippen molar-refractivity contribution in [3.05, 3.63) is 27.6 Å². The number of hydrogen-bond donors (Lipinski definition) is 2. The van der Waals surface area contributed by atoms with Crippen LogP contribution < -0.4 is 10.9 Å². The lowest BCUT2D eigenvalue weighted by Gasteiger charge is -2.28. The van der Waals surface area contributed by atoms with Crippen molar-refractivity contribution < 1.29 is 4.74 Å². The maximum absolute atomic E-state index is 11.9. The highest BCUT2D eigenvalue weighted by molar-refractivity contribution is 7.17. The zero-order valence-electron chi connectivity index (χ0n) is 12.2. The maximum Gasteiger partial charge on any atom is 0.268 e. The van der Waals surface area contributed by atoms with Crippen molar-refractivity contribution in [2.24, 2.45) is 0 Å². The van der Waals surface area contributed by atoms with Gasteiger partial charge in [-0.1, -0.05) is 6.92 Å². The summed E-state index contributed by atoms with van der Waals surface area (Å²) in [6.45, 7) is 3.56. The lowest BCUT2D eigenvalue weighted by Crippen LogP contribution is -2.35. The van der Waals surface area contributed by atoms with Crippen molar-refractivity contribution in [1.82, 2.24) is 15.3 Å². The van der Waals surface area contributed by atoms with Gasteiger partial charge in [-0.05, 0) is 43.7 Å². The van der Waals surface area contributed by atoms with Crippen LogP contribution in [0.25, 0.3) is 10.2 Å². The van der Waals surface area contributed by atoms with E-state index in [1.54, 1.807) is 0 Å². The maximum atomic E-state index is 11.9. The summed E-state index contributed by atoms with van der Waals surface area (Å²) in [5.41, 5.74) is 0.697. The molecule has 0 atom stereocenters. The van der Waals surface area contributed by atoms with Crippen molar-refractivity contribution in [2.75, 3.05) is 6.54 Å². The zero-order valence-corrected chi connectivity index (χ0v) is 13.0. The van der Waals surface area contributed by atoms with E-state index in [4.69, 9.17) is 4.74 Å². The molecule has 0 radical (unpaired) electrons. The van der Waals surface area contributed by atoms with Crippen molar-refractivity contribution >= 4 is 21.6 Å².